The van der Waals surface area contributed by atoms with E-state index in [0.717, 1.165) is 21.7 Å². The van der Waals surface area contributed by atoms with E-state index >= 15 is 0 Å². The van der Waals surface area contributed by atoms with Gasteiger partial charge in [0.15, 0.2) is 16.0 Å². The van der Waals surface area contributed by atoms with Gasteiger partial charge in [0.05, 0.1) is 22.1 Å². The Labute approximate surface area is 225 Å². The predicted octanol–water partition coefficient (Wildman–Crippen LogP) is 6.92. The fraction of sp³-hybridized carbons (Fsp3) is 0.120. The molecule has 0 atom stereocenters. The van der Waals surface area contributed by atoms with Crippen molar-refractivity contribution in [3.63, 3.8) is 0 Å². The Balaban J connectivity index is 1.27. The maximum Gasteiger partial charge on any atom is 0.236 e. The summed E-state index contributed by atoms with van der Waals surface area (Å²) in [6, 6.07) is 17.1. The second kappa shape index (κ2) is 10.9. The quantitative estimate of drug-likeness (QED) is 0.209. The number of anilines is 1. The van der Waals surface area contributed by atoms with Crippen LogP contribution in [-0.2, 0) is 11.2 Å². The van der Waals surface area contributed by atoms with E-state index in [4.69, 9.17) is 27.6 Å². The molecule has 0 bridgehead atoms. The molecule has 0 aliphatic rings. The number of nitrogens with zero attached hydrogens (tertiary/aromatic N) is 4. The zero-order valence-corrected chi connectivity index (χ0v) is 22.1. The lowest BCUT2D eigenvalue weighted by molar-refractivity contribution is -0.113. The van der Waals surface area contributed by atoms with E-state index < -0.39 is 0 Å². The molecule has 11 heteroatoms. The molecule has 5 aromatic rings. The SMILES string of the molecule is Cc1ccc(-n2c(SCC(=O)Nc3ncc(Cc4cccc(Cl)c4Cl)s3)nnc2-c2ccco2)cc1. The van der Waals surface area contributed by atoms with Crippen LogP contribution in [0, 0.1) is 6.92 Å². The van der Waals surface area contributed by atoms with Gasteiger partial charge < -0.3 is 9.73 Å². The minimum atomic E-state index is -0.195. The lowest BCUT2D eigenvalue weighted by Crippen LogP contribution is -2.14. The van der Waals surface area contributed by atoms with Crippen molar-refractivity contribution in [1.82, 2.24) is 19.7 Å². The highest BCUT2D eigenvalue weighted by Gasteiger charge is 2.19. The van der Waals surface area contributed by atoms with Crippen LogP contribution in [0.4, 0.5) is 5.13 Å². The number of rotatable bonds is 8. The molecule has 0 unspecified atom stereocenters. The molecule has 36 heavy (non-hydrogen) atoms. The van der Waals surface area contributed by atoms with Crippen molar-refractivity contribution in [3.05, 3.63) is 93.1 Å². The Morgan fingerprint density at radius 1 is 1.11 bits per heavy atom. The lowest BCUT2D eigenvalue weighted by atomic mass is 10.1. The molecule has 0 radical (unpaired) electrons. The standard InChI is InChI=1S/C25H19Cl2N5O2S2/c1-15-7-9-17(10-8-15)32-23(20-6-3-11-34-20)30-31-25(32)35-14-21(33)29-24-28-13-18(36-24)12-16-4-2-5-19(26)22(16)27/h2-11,13H,12,14H2,1H3,(H,28,29,33). The summed E-state index contributed by atoms with van der Waals surface area (Å²) in [7, 11) is 0. The Morgan fingerprint density at radius 3 is 2.72 bits per heavy atom. The Kier molecular flexibility index (Phi) is 7.43. The third-order valence-electron chi connectivity index (χ3n) is 5.20. The number of aryl methyl sites for hydroxylation is 1. The van der Waals surface area contributed by atoms with Crippen LogP contribution in [0.2, 0.25) is 10.0 Å². The van der Waals surface area contributed by atoms with Gasteiger partial charge in [-0.3, -0.25) is 9.36 Å². The lowest BCUT2D eigenvalue weighted by Gasteiger charge is -2.09. The van der Waals surface area contributed by atoms with E-state index in [1.165, 1.54) is 23.1 Å². The summed E-state index contributed by atoms with van der Waals surface area (Å²) in [5, 5.41) is 13.6. The molecule has 182 valence electrons. The number of hydrogen-bond acceptors (Lipinski definition) is 7. The molecule has 2 aromatic carbocycles. The van der Waals surface area contributed by atoms with Gasteiger partial charge in [-0.2, -0.15) is 0 Å². The highest BCUT2D eigenvalue weighted by atomic mass is 35.5. The minimum absolute atomic E-state index is 0.136. The first kappa shape index (κ1) is 24.6. The van der Waals surface area contributed by atoms with Gasteiger partial charge in [-0.05, 0) is 42.8 Å². The number of halogens is 2. The van der Waals surface area contributed by atoms with Crippen LogP contribution in [0.5, 0.6) is 0 Å². The first-order valence-electron chi connectivity index (χ1n) is 10.8. The van der Waals surface area contributed by atoms with Gasteiger partial charge in [-0.1, -0.05) is 64.8 Å². The van der Waals surface area contributed by atoms with E-state index in [2.05, 4.69) is 20.5 Å². The number of carbonyl (C=O) groups is 1. The molecule has 3 heterocycles. The largest absolute Gasteiger partial charge is 0.461 e. The monoisotopic (exact) mass is 555 g/mol. The van der Waals surface area contributed by atoms with Crippen molar-refractivity contribution in [2.24, 2.45) is 0 Å². The van der Waals surface area contributed by atoms with E-state index in [1.807, 2.05) is 54.0 Å². The van der Waals surface area contributed by atoms with Crippen molar-refractivity contribution in [2.75, 3.05) is 11.1 Å². The molecule has 0 fully saturated rings. The van der Waals surface area contributed by atoms with Crippen molar-refractivity contribution < 1.29 is 9.21 Å². The molecule has 5 rings (SSSR count). The van der Waals surface area contributed by atoms with Crippen LogP contribution in [0.25, 0.3) is 17.3 Å². The fourth-order valence-electron chi connectivity index (χ4n) is 3.46. The maximum atomic E-state index is 12.7. The Bertz CT molecular complexity index is 1500. The summed E-state index contributed by atoms with van der Waals surface area (Å²) in [6.07, 6.45) is 3.90. The normalized spacial score (nSPS) is 11.1. The number of furan rings is 1. The smallest absolute Gasteiger partial charge is 0.236 e. The molecule has 1 N–H and O–H groups in total. The number of aromatic nitrogens is 4. The number of nitrogens with one attached hydrogen (secondary N) is 1. The summed E-state index contributed by atoms with van der Waals surface area (Å²) >= 11 is 15.1. The molecule has 3 aromatic heterocycles. The van der Waals surface area contributed by atoms with Crippen LogP contribution in [-0.4, -0.2) is 31.4 Å². The van der Waals surface area contributed by atoms with Gasteiger partial charge in [-0.25, -0.2) is 4.98 Å². The van der Waals surface area contributed by atoms with Crippen LogP contribution in [0.1, 0.15) is 16.0 Å². The molecule has 0 aliphatic carbocycles. The van der Waals surface area contributed by atoms with Gasteiger partial charge in [-0.15, -0.1) is 21.5 Å². The minimum Gasteiger partial charge on any atom is -0.461 e. The highest BCUT2D eigenvalue weighted by Crippen LogP contribution is 2.31. The van der Waals surface area contributed by atoms with Crippen molar-refractivity contribution in [2.45, 2.75) is 18.5 Å². The van der Waals surface area contributed by atoms with Crippen molar-refractivity contribution in [1.29, 1.82) is 0 Å². The van der Waals surface area contributed by atoms with Gasteiger partial charge in [0.25, 0.3) is 0 Å². The van der Waals surface area contributed by atoms with Gasteiger partial charge in [0.1, 0.15) is 0 Å². The number of thiazole rings is 1. The van der Waals surface area contributed by atoms with Crippen LogP contribution in [0.15, 0.2) is 76.6 Å². The van der Waals surface area contributed by atoms with Crippen molar-refractivity contribution >= 4 is 57.3 Å². The summed E-state index contributed by atoms with van der Waals surface area (Å²) in [6.45, 7) is 2.02. The summed E-state index contributed by atoms with van der Waals surface area (Å²) in [4.78, 5) is 18.0. The first-order valence-corrected chi connectivity index (χ1v) is 13.4. The number of thioether (sulfide) groups is 1. The van der Waals surface area contributed by atoms with Crippen molar-refractivity contribution in [3.8, 4) is 17.3 Å². The van der Waals surface area contributed by atoms with Crippen LogP contribution in [0.3, 0.4) is 0 Å². The highest BCUT2D eigenvalue weighted by molar-refractivity contribution is 7.99. The molecule has 0 saturated heterocycles. The Morgan fingerprint density at radius 2 is 1.94 bits per heavy atom. The first-order chi connectivity index (χ1) is 17.5. The third-order valence-corrected chi connectivity index (χ3v) is 7.90. The summed E-state index contributed by atoms with van der Waals surface area (Å²) in [5.41, 5.74) is 2.92. The number of hydrogen-bond donors (Lipinski definition) is 1. The second-order valence-electron chi connectivity index (χ2n) is 7.81. The third kappa shape index (κ3) is 5.49. The zero-order chi connectivity index (χ0) is 25.1. The predicted molar refractivity (Wildman–Crippen MR) is 145 cm³/mol. The molecular weight excluding hydrogens is 537 g/mol. The average molecular weight is 557 g/mol. The number of carbonyl (C=O) groups excluding carboxylic acids is 1. The fourth-order valence-corrected chi connectivity index (χ4v) is 5.45. The van der Waals surface area contributed by atoms with E-state index in [-0.39, 0.29) is 11.7 Å². The van der Waals surface area contributed by atoms with Gasteiger partial charge >= 0.3 is 0 Å². The van der Waals surface area contributed by atoms with E-state index in [9.17, 15) is 4.79 Å². The second-order valence-corrected chi connectivity index (χ2v) is 10.7. The maximum absolute atomic E-state index is 12.7. The summed E-state index contributed by atoms with van der Waals surface area (Å²) in [5.74, 6) is 1.10. The number of amides is 1. The Hall–Kier alpha value is -3.11. The molecule has 7 nitrogen and oxygen atoms in total. The average Bonchev–Trinajstić information content (AvgIpc) is 3.62. The van der Waals surface area contributed by atoms with E-state index in [0.29, 0.717) is 38.3 Å². The van der Waals surface area contributed by atoms with Gasteiger partial charge in [0, 0.05) is 23.2 Å². The van der Waals surface area contributed by atoms with E-state index in [1.54, 1.807) is 24.6 Å². The van der Waals surface area contributed by atoms with Crippen LogP contribution < -0.4 is 5.32 Å². The molecule has 0 aliphatic heterocycles. The summed E-state index contributed by atoms with van der Waals surface area (Å²) < 4.78 is 7.43. The topological polar surface area (TPSA) is 85.8 Å². The van der Waals surface area contributed by atoms with Gasteiger partial charge in [0.2, 0.25) is 11.7 Å². The molecule has 1 amide bonds. The number of benzene rings is 2. The zero-order valence-electron chi connectivity index (χ0n) is 18.9. The molecule has 0 spiro atoms. The molecule has 0 saturated carbocycles. The van der Waals surface area contributed by atoms with Crippen LogP contribution >= 0.6 is 46.3 Å². The molecular formula is C25H19Cl2N5O2S2.